The van der Waals surface area contributed by atoms with Gasteiger partial charge < -0.3 is 38.6 Å². The minimum atomic E-state index is -4.04. The molecule has 4 N–H and O–H groups in total. The molecule has 3 aromatic rings. The van der Waals surface area contributed by atoms with Crippen LogP contribution in [0.15, 0.2) is 83.8 Å². The van der Waals surface area contributed by atoms with Crippen molar-refractivity contribution in [1.29, 1.82) is 0 Å². The van der Waals surface area contributed by atoms with E-state index in [1.54, 1.807) is 66.7 Å². The number of sulfonamides is 1. The van der Waals surface area contributed by atoms with Crippen molar-refractivity contribution in [2.75, 3.05) is 39.8 Å². The standard InChI is InChI=1S/C35H46N3O11PS/c1-24(2)20-38(51(42,43)29-15-13-26(44-3)14-16-29)21-32(39)31(37-35(40)48-33-22-46-34-30(33)17-18-45-34)19-25-9-11-27(12-10-25)47-23-50(36,41)49-28-7-5-4-6-8-28/h4-16,24,30-34,39H,17-23H2,1-3H3,(H2,36,41)(H,37,40)/t30-,31-,32+,33-,34+,50?/m0/s1. The Morgan fingerprint density at radius 2 is 1.69 bits per heavy atom. The van der Waals surface area contributed by atoms with Gasteiger partial charge in [0.05, 0.1) is 43.3 Å². The Hall–Kier alpha value is -3.69. The Morgan fingerprint density at radius 3 is 2.35 bits per heavy atom. The van der Waals surface area contributed by atoms with E-state index in [1.165, 1.54) is 23.5 Å². The van der Waals surface area contributed by atoms with E-state index in [-0.39, 0.29) is 49.2 Å². The van der Waals surface area contributed by atoms with Crippen molar-refractivity contribution in [1.82, 2.24) is 9.62 Å². The number of nitrogens with one attached hydrogen (secondary N) is 1. The van der Waals surface area contributed by atoms with Crippen molar-refractivity contribution < 1.29 is 51.1 Å². The molecule has 14 nitrogen and oxygen atoms in total. The number of carbonyl (C=O) groups excluding carboxylic acids is 1. The SMILES string of the molecule is COc1ccc(S(=O)(=O)N(CC(C)C)C[C@@H](O)[C@H](Cc2ccc(OCP(N)(=O)Oc3ccccc3)cc2)NC(=O)O[C@H]2CO[C@H]3OCC[C@H]32)cc1. The molecule has 1 amide bonds. The fourth-order valence-electron chi connectivity index (χ4n) is 5.89. The normalized spacial score (nSPS) is 21.0. The van der Waals surface area contributed by atoms with Crippen molar-refractivity contribution in [2.24, 2.45) is 17.3 Å². The van der Waals surface area contributed by atoms with Gasteiger partial charge in [-0.1, -0.05) is 44.2 Å². The third-order valence-electron chi connectivity index (χ3n) is 8.46. The molecule has 2 aliphatic heterocycles. The Morgan fingerprint density at radius 1 is 1.00 bits per heavy atom. The number of nitrogens with zero attached hydrogens (tertiary/aromatic N) is 1. The van der Waals surface area contributed by atoms with E-state index in [4.69, 9.17) is 33.7 Å². The number of aliphatic hydroxyl groups excluding tert-OH is 1. The lowest BCUT2D eigenvalue weighted by Gasteiger charge is -2.31. The van der Waals surface area contributed by atoms with Crippen LogP contribution in [-0.4, -0.2) is 88.2 Å². The van der Waals surface area contributed by atoms with Crippen LogP contribution in [0.3, 0.4) is 0 Å². The second-order valence-electron chi connectivity index (χ2n) is 12.9. The maximum atomic E-state index is 13.8. The number of carbonyl (C=O) groups is 1. The van der Waals surface area contributed by atoms with Gasteiger partial charge in [-0.05, 0) is 72.9 Å². The number of amides is 1. The van der Waals surface area contributed by atoms with E-state index < -0.39 is 48.2 Å². The zero-order chi connectivity index (χ0) is 36.6. The van der Waals surface area contributed by atoms with E-state index in [9.17, 15) is 22.9 Å². The summed E-state index contributed by atoms with van der Waals surface area (Å²) in [6.07, 6.45) is -2.64. The van der Waals surface area contributed by atoms with Crippen LogP contribution >= 0.6 is 7.52 Å². The number of methoxy groups -OCH3 is 1. The highest BCUT2D eigenvalue weighted by molar-refractivity contribution is 7.89. The van der Waals surface area contributed by atoms with Crippen LogP contribution < -0.4 is 24.8 Å². The lowest BCUT2D eigenvalue weighted by Crippen LogP contribution is -2.51. The molecular formula is C35H46N3O11PS. The molecule has 2 heterocycles. The van der Waals surface area contributed by atoms with E-state index in [2.05, 4.69) is 5.32 Å². The van der Waals surface area contributed by atoms with E-state index in [1.807, 2.05) is 13.8 Å². The van der Waals surface area contributed by atoms with Gasteiger partial charge in [0.2, 0.25) is 10.0 Å². The highest BCUT2D eigenvalue weighted by atomic mass is 32.2. The minimum absolute atomic E-state index is 0.0430. The summed E-state index contributed by atoms with van der Waals surface area (Å²) >= 11 is 0. The number of fused-ring (bicyclic) bond motifs is 1. The summed E-state index contributed by atoms with van der Waals surface area (Å²) in [6.45, 7) is 4.26. The van der Waals surface area contributed by atoms with Gasteiger partial charge in [-0.2, -0.15) is 4.31 Å². The predicted molar refractivity (Wildman–Crippen MR) is 188 cm³/mol. The largest absolute Gasteiger partial charge is 0.497 e. The lowest BCUT2D eigenvalue weighted by molar-refractivity contribution is -0.0907. The van der Waals surface area contributed by atoms with Gasteiger partial charge in [0, 0.05) is 13.1 Å². The third-order valence-corrected chi connectivity index (χ3v) is 11.3. The molecule has 0 radical (unpaired) electrons. The monoisotopic (exact) mass is 747 g/mol. The molecule has 0 bridgehead atoms. The smallest absolute Gasteiger partial charge is 0.407 e. The van der Waals surface area contributed by atoms with Gasteiger partial charge in [0.25, 0.3) is 0 Å². The average Bonchev–Trinajstić information content (AvgIpc) is 3.72. The first-order valence-electron chi connectivity index (χ1n) is 16.7. The zero-order valence-electron chi connectivity index (χ0n) is 28.8. The molecular weight excluding hydrogens is 701 g/mol. The first kappa shape index (κ1) is 38.5. The number of alkyl carbamates (subject to hydrolysis) is 1. The molecule has 0 spiro atoms. The summed E-state index contributed by atoms with van der Waals surface area (Å²) in [4.78, 5) is 13.3. The molecule has 1 unspecified atom stereocenters. The van der Waals surface area contributed by atoms with Crippen LogP contribution in [0.25, 0.3) is 0 Å². The van der Waals surface area contributed by atoms with Gasteiger partial charge in [-0.25, -0.2) is 18.7 Å². The van der Waals surface area contributed by atoms with Crippen molar-refractivity contribution >= 4 is 23.6 Å². The van der Waals surface area contributed by atoms with Gasteiger partial charge in [0.1, 0.15) is 23.4 Å². The minimum Gasteiger partial charge on any atom is -0.497 e. The van der Waals surface area contributed by atoms with Crippen molar-refractivity contribution in [3.63, 3.8) is 0 Å². The number of benzene rings is 3. The van der Waals surface area contributed by atoms with Crippen LogP contribution in [0.2, 0.25) is 0 Å². The lowest BCUT2D eigenvalue weighted by atomic mass is 10.0. The number of ether oxygens (including phenoxy) is 5. The van der Waals surface area contributed by atoms with Crippen LogP contribution in [0.5, 0.6) is 17.2 Å². The maximum absolute atomic E-state index is 13.8. The zero-order valence-corrected chi connectivity index (χ0v) is 30.5. The highest BCUT2D eigenvalue weighted by Crippen LogP contribution is 2.39. The second kappa shape index (κ2) is 17.2. The predicted octanol–water partition coefficient (Wildman–Crippen LogP) is 4.37. The van der Waals surface area contributed by atoms with Crippen LogP contribution in [0.4, 0.5) is 4.79 Å². The van der Waals surface area contributed by atoms with Gasteiger partial charge in [-0.3, -0.25) is 4.57 Å². The first-order valence-corrected chi connectivity index (χ1v) is 20.0. The summed E-state index contributed by atoms with van der Waals surface area (Å²) in [5.41, 5.74) is 6.56. The Labute approximate surface area is 298 Å². The molecule has 2 fully saturated rings. The molecule has 2 aliphatic rings. The first-order chi connectivity index (χ1) is 24.3. The number of aliphatic hydroxyl groups is 1. The molecule has 0 aliphatic carbocycles. The highest BCUT2D eigenvalue weighted by Gasteiger charge is 2.44. The van der Waals surface area contributed by atoms with Gasteiger partial charge in [-0.15, -0.1) is 0 Å². The molecule has 51 heavy (non-hydrogen) atoms. The van der Waals surface area contributed by atoms with Crippen LogP contribution in [-0.2, 0) is 35.2 Å². The molecule has 16 heteroatoms. The Kier molecular flexibility index (Phi) is 13.0. The van der Waals surface area contributed by atoms with Gasteiger partial charge >= 0.3 is 13.6 Å². The second-order valence-corrected chi connectivity index (χ2v) is 16.8. The number of nitrogens with two attached hydrogens (primary N) is 1. The van der Waals surface area contributed by atoms with Crippen molar-refractivity contribution in [3.8, 4) is 17.2 Å². The van der Waals surface area contributed by atoms with E-state index >= 15 is 0 Å². The molecule has 5 rings (SSSR count). The van der Waals surface area contributed by atoms with Crippen LogP contribution in [0, 0.1) is 11.8 Å². The molecule has 6 atom stereocenters. The quantitative estimate of drug-likeness (QED) is 0.166. The summed E-state index contributed by atoms with van der Waals surface area (Å²) < 4.78 is 74.7. The van der Waals surface area contributed by atoms with Crippen molar-refractivity contribution in [2.45, 2.75) is 56.1 Å². The molecule has 0 aromatic heterocycles. The fourth-order valence-corrected chi connectivity index (χ4v) is 8.37. The van der Waals surface area contributed by atoms with E-state index in [0.717, 1.165) is 0 Å². The van der Waals surface area contributed by atoms with E-state index in [0.29, 0.717) is 35.8 Å². The Bertz CT molecular complexity index is 1730. The third kappa shape index (κ3) is 10.7. The van der Waals surface area contributed by atoms with Crippen molar-refractivity contribution in [3.05, 3.63) is 84.4 Å². The molecule has 3 aromatic carbocycles. The Balaban J connectivity index is 1.30. The number of hydrogen-bond acceptors (Lipinski definition) is 11. The van der Waals surface area contributed by atoms with Gasteiger partial charge in [0.15, 0.2) is 12.6 Å². The molecule has 0 saturated carbocycles. The molecule has 278 valence electrons. The van der Waals surface area contributed by atoms with Crippen LogP contribution in [0.1, 0.15) is 25.8 Å². The molecule has 2 saturated heterocycles. The maximum Gasteiger partial charge on any atom is 0.407 e. The topological polar surface area (TPSA) is 185 Å². The average molecular weight is 748 g/mol. The number of rotatable bonds is 17. The number of hydrogen-bond donors (Lipinski definition) is 3. The number of para-hydroxylation sites is 1. The fraction of sp³-hybridized carbons (Fsp3) is 0.457. The summed E-state index contributed by atoms with van der Waals surface area (Å²) in [5, 5.41) is 14.4. The summed E-state index contributed by atoms with van der Waals surface area (Å²) in [5.74, 6) is 1.07. The summed E-state index contributed by atoms with van der Waals surface area (Å²) in [6, 6.07) is 20.3. The summed E-state index contributed by atoms with van der Waals surface area (Å²) in [7, 11) is -6.17.